The number of thioether (sulfide) groups is 1. The van der Waals surface area contributed by atoms with E-state index in [2.05, 4.69) is 72.8 Å². The van der Waals surface area contributed by atoms with Gasteiger partial charge >= 0.3 is 11.9 Å². The summed E-state index contributed by atoms with van der Waals surface area (Å²) in [6.07, 6.45) is 10.6. The summed E-state index contributed by atoms with van der Waals surface area (Å²) in [4.78, 5) is 23.6. The zero-order valence-electron chi connectivity index (χ0n) is 26.9. The third-order valence-corrected chi connectivity index (χ3v) is 9.97. The van der Waals surface area contributed by atoms with Crippen molar-refractivity contribution in [2.45, 2.75) is 81.6 Å². The average molecular weight is 649 g/mol. The number of fused-ring (bicyclic) bond motifs is 1. The Bertz CT molecular complexity index is 1640. The molecular formula is C41H44O5S. The summed E-state index contributed by atoms with van der Waals surface area (Å²) in [5, 5.41) is 18.5. The quantitative estimate of drug-likeness (QED) is 0.0876. The highest BCUT2D eigenvalue weighted by Gasteiger charge is 2.23. The molecule has 0 saturated heterocycles. The average Bonchev–Trinajstić information content (AvgIpc) is 3.09. The van der Waals surface area contributed by atoms with Crippen LogP contribution in [0.1, 0.15) is 89.0 Å². The van der Waals surface area contributed by atoms with Crippen LogP contribution in [0.15, 0.2) is 114 Å². The minimum atomic E-state index is -0.894. The number of rotatable bonds is 17. The van der Waals surface area contributed by atoms with E-state index in [1.54, 1.807) is 17.8 Å². The molecule has 244 valence electrons. The standard InChI is InChI=1S/C41H44O5S/c42-40(43)14-6-2-5-11-32(27-35-25-26-47-39-28-36(41(44)45)23-24-37(35)39)21-22-34-12-7-8-13-38(34)46-29-33-19-17-31(18-20-33)16-15-30-9-3-1-4-10-30/h1,3-4,7-13,17-20,23-24,28,35H,2,5-6,14-16,21-22,25-27,29H2,(H,42,43)(H,44,45)/b32-11+. The van der Waals surface area contributed by atoms with Crippen LogP contribution in [-0.4, -0.2) is 27.9 Å². The van der Waals surface area contributed by atoms with Crippen LogP contribution in [0, 0.1) is 0 Å². The molecule has 0 spiro atoms. The summed E-state index contributed by atoms with van der Waals surface area (Å²) in [7, 11) is 0. The normalized spacial score (nSPS) is 14.4. The van der Waals surface area contributed by atoms with Crippen molar-refractivity contribution in [3.8, 4) is 5.75 Å². The molecular weight excluding hydrogens is 605 g/mol. The molecule has 0 bridgehead atoms. The molecule has 4 aromatic carbocycles. The highest BCUT2D eigenvalue weighted by Crippen LogP contribution is 2.42. The smallest absolute Gasteiger partial charge is 0.335 e. The number of unbranched alkanes of at least 4 members (excludes halogenated alkanes) is 2. The van der Waals surface area contributed by atoms with Gasteiger partial charge in [0.1, 0.15) is 12.4 Å². The molecule has 5 nitrogen and oxygen atoms in total. The Balaban J connectivity index is 1.21. The van der Waals surface area contributed by atoms with Gasteiger partial charge in [0.05, 0.1) is 5.56 Å². The molecule has 2 N–H and O–H groups in total. The zero-order valence-corrected chi connectivity index (χ0v) is 27.7. The highest BCUT2D eigenvalue weighted by molar-refractivity contribution is 7.99. The first-order valence-corrected chi connectivity index (χ1v) is 17.7. The van der Waals surface area contributed by atoms with Crippen molar-refractivity contribution < 1.29 is 24.5 Å². The van der Waals surface area contributed by atoms with E-state index in [9.17, 15) is 14.7 Å². The maximum absolute atomic E-state index is 11.6. The van der Waals surface area contributed by atoms with Crippen LogP contribution in [0.25, 0.3) is 0 Å². The lowest BCUT2D eigenvalue weighted by Gasteiger charge is -2.26. The predicted molar refractivity (Wildman–Crippen MR) is 190 cm³/mol. The van der Waals surface area contributed by atoms with E-state index in [1.165, 1.54) is 27.8 Å². The van der Waals surface area contributed by atoms with Gasteiger partial charge in [0.2, 0.25) is 0 Å². The molecule has 0 radical (unpaired) electrons. The van der Waals surface area contributed by atoms with Gasteiger partial charge in [-0.25, -0.2) is 4.79 Å². The Labute approximate surface area is 282 Å². The van der Waals surface area contributed by atoms with Crippen molar-refractivity contribution in [2.24, 2.45) is 0 Å². The van der Waals surface area contributed by atoms with Crippen LogP contribution in [0.3, 0.4) is 0 Å². The number of carbonyl (C=O) groups is 2. The molecule has 0 amide bonds. The van der Waals surface area contributed by atoms with Crippen LogP contribution in [0.5, 0.6) is 5.75 Å². The minimum Gasteiger partial charge on any atom is -0.489 e. The van der Waals surface area contributed by atoms with E-state index in [0.717, 1.165) is 73.3 Å². The fourth-order valence-electron chi connectivity index (χ4n) is 6.18. The zero-order chi connectivity index (χ0) is 32.8. The molecule has 0 saturated carbocycles. The van der Waals surface area contributed by atoms with Crippen molar-refractivity contribution in [1.29, 1.82) is 0 Å². The topological polar surface area (TPSA) is 83.8 Å². The van der Waals surface area contributed by atoms with Gasteiger partial charge in [-0.3, -0.25) is 4.79 Å². The van der Waals surface area contributed by atoms with Gasteiger partial charge < -0.3 is 14.9 Å². The van der Waals surface area contributed by atoms with Crippen LogP contribution >= 0.6 is 11.8 Å². The highest BCUT2D eigenvalue weighted by atomic mass is 32.2. The predicted octanol–water partition coefficient (Wildman–Crippen LogP) is 9.92. The van der Waals surface area contributed by atoms with Crippen molar-refractivity contribution >= 4 is 23.7 Å². The number of hydrogen-bond donors (Lipinski definition) is 2. The van der Waals surface area contributed by atoms with Crippen molar-refractivity contribution in [3.63, 3.8) is 0 Å². The van der Waals surface area contributed by atoms with E-state index in [0.29, 0.717) is 24.5 Å². The van der Waals surface area contributed by atoms with Crippen LogP contribution in [-0.2, 0) is 30.7 Å². The number of aromatic carboxylic acids is 1. The van der Waals surface area contributed by atoms with E-state index in [-0.39, 0.29) is 6.42 Å². The summed E-state index contributed by atoms with van der Waals surface area (Å²) in [5.74, 6) is 0.566. The summed E-state index contributed by atoms with van der Waals surface area (Å²) >= 11 is 1.74. The monoisotopic (exact) mass is 648 g/mol. The van der Waals surface area contributed by atoms with Gasteiger partial charge in [0.25, 0.3) is 0 Å². The second-order valence-corrected chi connectivity index (χ2v) is 13.4. The molecule has 4 aromatic rings. The first kappa shape index (κ1) is 34.1. The number of aliphatic carboxylic acids is 1. The number of aryl methyl sites for hydroxylation is 3. The second kappa shape index (κ2) is 17.6. The van der Waals surface area contributed by atoms with E-state index in [4.69, 9.17) is 9.84 Å². The molecule has 1 unspecified atom stereocenters. The Hall–Kier alpha value is -4.29. The number of ether oxygens (including phenoxy) is 1. The van der Waals surface area contributed by atoms with E-state index >= 15 is 0 Å². The Morgan fingerprint density at radius 1 is 0.787 bits per heavy atom. The van der Waals surface area contributed by atoms with Crippen LogP contribution < -0.4 is 4.74 Å². The molecule has 1 aliphatic rings. The van der Waals surface area contributed by atoms with Gasteiger partial charge in [0.15, 0.2) is 0 Å². The third-order valence-electron chi connectivity index (χ3n) is 8.86. The van der Waals surface area contributed by atoms with Gasteiger partial charge in [-0.05, 0) is 115 Å². The molecule has 5 rings (SSSR count). The van der Waals surface area contributed by atoms with Crippen molar-refractivity contribution in [2.75, 3.05) is 5.75 Å². The minimum absolute atomic E-state index is 0.198. The third kappa shape index (κ3) is 10.6. The lowest BCUT2D eigenvalue weighted by molar-refractivity contribution is -0.137. The first-order chi connectivity index (χ1) is 22.9. The Morgan fingerprint density at radius 3 is 2.28 bits per heavy atom. The first-order valence-electron chi connectivity index (χ1n) is 16.7. The maximum atomic E-state index is 11.6. The fraction of sp³-hybridized carbons (Fsp3) is 0.317. The van der Waals surface area contributed by atoms with Crippen LogP contribution in [0.4, 0.5) is 0 Å². The summed E-state index contributed by atoms with van der Waals surface area (Å²) in [6, 6.07) is 33.1. The largest absolute Gasteiger partial charge is 0.489 e. The van der Waals surface area contributed by atoms with Crippen molar-refractivity contribution in [3.05, 3.63) is 142 Å². The Kier molecular flexibility index (Phi) is 12.7. The summed E-state index contributed by atoms with van der Waals surface area (Å²) in [6.45, 7) is 0.511. The maximum Gasteiger partial charge on any atom is 0.335 e. The number of carboxylic acid groups (broad SMARTS) is 2. The van der Waals surface area contributed by atoms with E-state index in [1.807, 2.05) is 24.3 Å². The van der Waals surface area contributed by atoms with Crippen molar-refractivity contribution in [1.82, 2.24) is 0 Å². The molecule has 47 heavy (non-hydrogen) atoms. The van der Waals surface area contributed by atoms with Crippen LogP contribution in [0.2, 0.25) is 0 Å². The number of para-hydroxylation sites is 1. The molecule has 1 aliphatic heterocycles. The number of allylic oxidation sites excluding steroid dienone is 2. The van der Waals surface area contributed by atoms with Gasteiger partial charge in [-0.1, -0.05) is 90.5 Å². The number of benzene rings is 4. The van der Waals surface area contributed by atoms with E-state index < -0.39 is 11.9 Å². The lowest BCUT2D eigenvalue weighted by Crippen LogP contribution is -2.10. The molecule has 0 aromatic heterocycles. The number of carboxylic acids is 2. The molecule has 0 fully saturated rings. The molecule has 1 atom stereocenters. The molecule has 0 aliphatic carbocycles. The van der Waals surface area contributed by atoms with Gasteiger partial charge in [-0.2, -0.15) is 0 Å². The number of hydrogen-bond acceptors (Lipinski definition) is 4. The summed E-state index contributed by atoms with van der Waals surface area (Å²) in [5.41, 5.74) is 7.93. The summed E-state index contributed by atoms with van der Waals surface area (Å²) < 4.78 is 6.36. The fourth-order valence-corrected chi connectivity index (χ4v) is 7.42. The molecule has 1 heterocycles. The SMILES string of the molecule is O=C(O)CCCC/C=C(\CCc1ccccc1OCc1ccc(CCc2ccccc2)cc1)CC1CCSc2cc(C(=O)O)ccc21. The Morgan fingerprint density at radius 2 is 1.51 bits per heavy atom. The molecule has 6 heteroatoms. The van der Waals surface area contributed by atoms with Gasteiger partial charge in [-0.15, -0.1) is 11.8 Å². The van der Waals surface area contributed by atoms with Gasteiger partial charge in [0, 0.05) is 11.3 Å². The second-order valence-electron chi connectivity index (χ2n) is 12.3. The lowest BCUT2D eigenvalue weighted by atomic mass is 9.86.